The lowest BCUT2D eigenvalue weighted by Gasteiger charge is -2.13. The molecular formula is C15H20ClNO5S. The second-order valence-corrected chi connectivity index (χ2v) is 7.73. The van der Waals surface area contributed by atoms with Gasteiger partial charge in [0, 0.05) is 13.2 Å². The highest BCUT2D eigenvalue weighted by molar-refractivity contribution is 7.89. The van der Waals surface area contributed by atoms with Crippen LogP contribution in [0, 0.1) is 0 Å². The van der Waals surface area contributed by atoms with Crippen LogP contribution in [-0.2, 0) is 19.5 Å². The molecule has 6 nitrogen and oxygen atoms in total. The van der Waals surface area contributed by atoms with Crippen LogP contribution in [0.15, 0.2) is 23.1 Å². The minimum atomic E-state index is -3.83. The number of halogens is 1. The van der Waals surface area contributed by atoms with E-state index in [1.54, 1.807) is 13.8 Å². The Hall–Kier alpha value is -1.15. The molecule has 1 aliphatic heterocycles. The average molecular weight is 362 g/mol. The van der Waals surface area contributed by atoms with E-state index in [9.17, 15) is 13.2 Å². The second kappa shape index (κ2) is 7.61. The van der Waals surface area contributed by atoms with Crippen LogP contribution in [0.25, 0.3) is 0 Å². The Labute approximate surface area is 141 Å². The Morgan fingerprint density at radius 3 is 2.83 bits per heavy atom. The lowest BCUT2D eigenvalue weighted by Crippen LogP contribution is -2.32. The van der Waals surface area contributed by atoms with Crippen molar-refractivity contribution in [2.75, 3.05) is 13.2 Å². The van der Waals surface area contributed by atoms with Crippen molar-refractivity contribution in [1.82, 2.24) is 4.72 Å². The standard InChI is InChI=1S/C15H20ClNO5S/c1-10(2)22-15(18)11-5-6-13(16)14(8-11)23(19,20)17-9-12-4-3-7-21-12/h5-6,8,10,12,17H,3-4,7,9H2,1-2H3. The number of carbonyl (C=O) groups excluding carboxylic acids is 1. The fourth-order valence-electron chi connectivity index (χ4n) is 2.20. The smallest absolute Gasteiger partial charge is 0.338 e. The van der Waals surface area contributed by atoms with E-state index in [1.807, 2.05) is 0 Å². The van der Waals surface area contributed by atoms with Gasteiger partial charge in [0.25, 0.3) is 0 Å². The minimum Gasteiger partial charge on any atom is -0.459 e. The molecule has 2 rings (SSSR count). The Morgan fingerprint density at radius 1 is 1.48 bits per heavy atom. The molecular weight excluding hydrogens is 342 g/mol. The van der Waals surface area contributed by atoms with E-state index in [4.69, 9.17) is 21.1 Å². The zero-order valence-electron chi connectivity index (χ0n) is 13.0. The fourth-order valence-corrected chi connectivity index (χ4v) is 3.79. The molecule has 1 aromatic rings. The van der Waals surface area contributed by atoms with E-state index in [1.165, 1.54) is 18.2 Å². The largest absolute Gasteiger partial charge is 0.459 e. The molecule has 8 heteroatoms. The predicted molar refractivity (Wildman–Crippen MR) is 86.2 cm³/mol. The minimum absolute atomic E-state index is 0.0472. The summed E-state index contributed by atoms with van der Waals surface area (Å²) < 4.78 is 37.7. The zero-order valence-corrected chi connectivity index (χ0v) is 14.6. The van der Waals surface area contributed by atoms with Gasteiger partial charge in [-0.05, 0) is 44.9 Å². The van der Waals surface area contributed by atoms with Crippen molar-refractivity contribution < 1.29 is 22.7 Å². The van der Waals surface area contributed by atoms with Gasteiger partial charge < -0.3 is 9.47 Å². The van der Waals surface area contributed by atoms with Gasteiger partial charge in [0.2, 0.25) is 10.0 Å². The molecule has 0 bridgehead atoms. The van der Waals surface area contributed by atoms with E-state index in [-0.39, 0.29) is 34.2 Å². The topological polar surface area (TPSA) is 81.7 Å². The molecule has 128 valence electrons. The van der Waals surface area contributed by atoms with Crippen molar-refractivity contribution >= 4 is 27.6 Å². The zero-order chi connectivity index (χ0) is 17.0. The molecule has 1 aromatic carbocycles. The first kappa shape index (κ1) is 18.2. The summed E-state index contributed by atoms with van der Waals surface area (Å²) in [5, 5.41) is 0.0472. The fraction of sp³-hybridized carbons (Fsp3) is 0.533. The summed E-state index contributed by atoms with van der Waals surface area (Å²) in [6.07, 6.45) is 1.31. The van der Waals surface area contributed by atoms with Gasteiger partial charge in [-0.1, -0.05) is 11.6 Å². The van der Waals surface area contributed by atoms with E-state index in [0.717, 1.165) is 12.8 Å². The Morgan fingerprint density at radius 2 is 2.22 bits per heavy atom. The number of carbonyl (C=O) groups is 1. The quantitative estimate of drug-likeness (QED) is 0.786. The molecule has 1 fully saturated rings. The van der Waals surface area contributed by atoms with Crippen molar-refractivity contribution in [2.24, 2.45) is 0 Å². The summed E-state index contributed by atoms with van der Waals surface area (Å²) in [5.41, 5.74) is 0.139. The van der Waals surface area contributed by atoms with Gasteiger partial charge in [-0.25, -0.2) is 17.9 Å². The predicted octanol–water partition coefficient (Wildman–Crippen LogP) is 2.36. The van der Waals surface area contributed by atoms with Crippen molar-refractivity contribution in [3.8, 4) is 0 Å². The molecule has 1 N–H and O–H groups in total. The third-order valence-corrected chi connectivity index (χ3v) is 5.23. The Bertz CT molecular complexity index is 668. The van der Waals surface area contributed by atoms with Crippen molar-refractivity contribution in [3.05, 3.63) is 28.8 Å². The summed E-state index contributed by atoms with van der Waals surface area (Å²) >= 11 is 5.98. The first-order valence-electron chi connectivity index (χ1n) is 7.41. The molecule has 1 atom stereocenters. The van der Waals surface area contributed by atoms with Crippen molar-refractivity contribution in [3.63, 3.8) is 0 Å². The van der Waals surface area contributed by atoms with Gasteiger partial charge >= 0.3 is 5.97 Å². The highest BCUT2D eigenvalue weighted by Crippen LogP contribution is 2.23. The Kier molecular flexibility index (Phi) is 6.02. The van der Waals surface area contributed by atoms with Gasteiger partial charge in [-0.2, -0.15) is 0 Å². The van der Waals surface area contributed by atoms with E-state index in [2.05, 4.69) is 4.72 Å². The van der Waals surface area contributed by atoms with Crippen LogP contribution in [0.5, 0.6) is 0 Å². The van der Waals surface area contributed by atoms with E-state index in [0.29, 0.717) is 6.61 Å². The van der Waals surface area contributed by atoms with Crippen LogP contribution in [0.4, 0.5) is 0 Å². The monoisotopic (exact) mass is 361 g/mol. The maximum absolute atomic E-state index is 12.4. The summed E-state index contributed by atoms with van der Waals surface area (Å²) in [5.74, 6) is -0.591. The number of ether oxygens (including phenoxy) is 2. The van der Waals surface area contributed by atoms with Gasteiger partial charge in [0.15, 0.2) is 0 Å². The summed E-state index contributed by atoms with van der Waals surface area (Å²) in [6.45, 7) is 4.26. The Balaban J connectivity index is 2.17. The van der Waals surface area contributed by atoms with Gasteiger partial charge in [0.1, 0.15) is 4.90 Å². The maximum Gasteiger partial charge on any atom is 0.338 e. The molecule has 0 aromatic heterocycles. The molecule has 0 spiro atoms. The van der Waals surface area contributed by atoms with Crippen LogP contribution in [0.1, 0.15) is 37.0 Å². The number of rotatable bonds is 6. The molecule has 1 unspecified atom stereocenters. The molecule has 1 heterocycles. The number of hydrogen-bond acceptors (Lipinski definition) is 5. The summed E-state index contributed by atoms with van der Waals surface area (Å²) in [6, 6.07) is 4.04. The molecule has 0 saturated carbocycles. The van der Waals surface area contributed by atoms with E-state index >= 15 is 0 Å². The third-order valence-electron chi connectivity index (χ3n) is 3.32. The number of sulfonamides is 1. The van der Waals surface area contributed by atoms with Crippen molar-refractivity contribution in [1.29, 1.82) is 0 Å². The van der Waals surface area contributed by atoms with Gasteiger partial charge in [-0.3, -0.25) is 0 Å². The van der Waals surface area contributed by atoms with Crippen LogP contribution in [0.2, 0.25) is 5.02 Å². The van der Waals surface area contributed by atoms with Crippen molar-refractivity contribution in [2.45, 2.75) is 43.8 Å². The van der Waals surface area contributed by atoms with Gasteiger partial charge in [-0.15, -0.1) is 0 Å². The highest BCUT2D eigenvalue weighted by atomic mass is 35.5. The second-order valence-electron chi connectivity index (χ2n) is 5.59. The normalized spacial score (nSPS) is 18.3. The molecule has 0 aliphatic carbocycles. The molecule has 1 saturated heterocycles. The lowest BCUT2D eigenvalue weighted by atomic mass is 10.2. The third kappa shape index (κ3) is 4.91. The average Bonchev–Trinajstić information content (AvgIpc) is 2.98. The van der Waals surface area contributed by atoms with Gasteiger partial charge in [0.05, 0.1) is 22.8 Å². The van der Waals surface area contributed by atoms with Crippen LogP contribution in [-0.4, -0.2) is 39.7 Å². The number of benzene rings is 1. The maximum atomic E-state index is 12.4. The lowest BCUT2D eigenvalue weighted by molar-refractivity contribution is 0.0377. The first-order valence-corrected chi connectivity index (χ1v) is 9.27. The van der Waals surface area contributed by atoms with Crippen LogP contribution < -0.4 is 4.72 Å². The molecule has 1 aliphatic rings. The summed E-state index contributed by atoms with van der Waals surface area (Å²) in [4.78, 5) is 11.8. The van der Waals surface area contributed by atoms with Crippen LogP contribution >= 0.6 is 11.6 Å². The first-order chi connectivity index (χ1) is 10.8. The van der Waals surface area contributed by atoms with Crippen LogP contribution in [0.3, 0.4) is 0 Å². The molecule has 23 heavy (non-hydrogen) atoms. The number of esters is 1. The SMILES string of the molecule is CC(C)OC(=O)c1ccc(Cl)c(S(=O)(=O)NCC2CCCO2)c1. The highest BCUT2D eigenvalue weighted by Gasteiger charge is 2.23. The molecule has 0 amide bonds. The molecule has 0 radical (unpaired) electrons. The number of hydrogen-bond donors (Lipinski definition) is 1. The van der Waals surface area contributed by atoms with E-state index < -0.39 is 16.0 Å². The summed E-state index contributed by atoms with van der Waals surface area (Å²) in [7, 11) is -3.83. The number of nitrogens with one attached hydrogen (secondary N) is 1.